The van der Waals surface area contributed by atoms with Crippen LogP contribution in [0.25, 0.3) is 0 Å². The van der Waals surface area contributed by atoms with E-state index in [1.54, 1.807) is 0 Å². The van der Waals surface area contributed by atoms with E-state index < -0.39 is 0 Å². The van der Waals surface area contributed by atoms with Gasteiger partial charge < -0.3 is 5.32 Å². The lowest BCUT2D eigenvalue weighted by molar-refractivity contribution is 0.307. The van der Waals surface area contributed by atoms with Crippen LogP contribution in [0.5, 0.6) is 0 Å². The quantitative estimate of drug-likeness (QED) is 0.640. The van der Waals surface area contributed by atoms with E-state index >= 15 is 0 Å². The normalized spacial score (nSPS) is 27.8. The van der Waals surface area contributed by atoms with Crippen LogP contribution in [0, 0.1) is 34.5 Å². The van der Waals surface area contributed by atoms with Gasteiger partial charge in [0.25, 0.3) is 0 Å². The molecule has 1 aromatic carbocycles. The Labute approximate surface area is 156 Å². The first-order chi connectivity index (χ1) is 12.6. The molecule has 3 rings (SSSR count). The maximum atomic E-state index is 9.67. The molecule has 0 spiro atoms. The summed E-state index contributed by atoms with van der Waals surface area (Å²) in [4.78, 5) is 0. The van der Waals surface area contributed by atoms with E-state index in [-0.39, 0.29) is 29.4 Å². The summed E-state index contributed by atoms with van der Waals surface area (Å²) in [5, 5.41) is 23.1. The van der Waals surface area contributed by atoms with Crippen LogP contribution in [0.1, 0.15) is 38.2 Å². The minimum absolute atomic E-state index is 0.0727. The van der Waals surface area contributed by atoms with Gasteiger partial charge in [-0.15, -0.1) is 6.58 Å². The first kappa shape index (κ1) is 18.2. The van der Waals surface area contributed by atoms with Crippen LogP contribution in [-0.2, 0) is 0 Å². The molecule has 2 heterocycles. The average Bonchev–Trinajstić information content (AvgIpc) is 3.08. The summed E-state index contributed by atoms with van der Waals surface area (Å²) < 4.78 is 0. The Kier molecular flexibility index (Phi) is 5.40. The first-order valence-electron chi connectivity index (χ1n) is 9.23. The molecule has 1 N–H and O–H groups in total. The van der Waals surface area contributed by atoms with E-state index in [9.17, 15) is 10.5 Å². The Morgan fingerprint density at radius 3 is 2.38 bits per heavy atom. The number of nitriles is 2. The molecule has 3 nitrogen and oxygen atoms in total. The Hall–Kier alpha value is -2.62. The number of hydrogen-bond acceptors (Lipinski definition) is 3. The van der Waals surface area contributed by atoms with E-state index in [1.165, 1.54) is 11.1 Å². The van der Waals surface area contributed by atoms with Crippen LogP contribution >= 0.6 is 0 Å². The topological polar surface area (TPSA) is 59.6 Å². The zero-order valence-electron chi connectivity index (χ0n) is 15.4. The molecule has 132 valence electrons. The maximum absolute atomic E-state index is 9.67. The van der Waals surface area contributed by atoms with Crippen molar-refractivity contribution in [2.75, 3.05) is 0 Å². The molecule has 3 heteroatoms. The Morgan fingerprint density at radius 1 is 1.15 bits per heavy atom. The molecule has 0 radical (unpaired) electrons. The van der Waals surface area contributed by atoms with E-state index in [0.29, 0.717) is 6.04 Å². The summed E-state index contributed by atoms with van der Waals surface area (Å²) in [6, 6.07) is 15.2. The highest BCUT2D eigenvalue weighted by molar-refractivity contribution is 5.48. The van der Waals surface area contributed by atoms with Gasteiger partial charge in [-0.25, -0.2) is 0 Å². The molecule has 2 aliphatic rings. The van der Waals surface area contributed by atoms with E-state index in [0.717, 1.165) is 18.4 Å². The van der Waals surface area contributed by atoms with Crippen molar-refractivity contribution in [2.45, 2.75) is 44.7 Å². The highest BCUT2D eigenvalue weighted by Gasteiger charge is 2.47. The number of fused-ring (bicyclic) bond motifs is 2. The second kappa shape index (κ2) is 7.73. The lowest BCUT2D eigenvalue weighted by atomic mass is 9.69. The molecule has 2 fully saturated rings. The van der Waals surface area contributed by atoms with Crippen molar-refractivity contribution in [3.63, 3.8) is 0 Å². The third-order valence-corrected chi connectivity index (χ3v) is 5.65. The molecule has 1 aromatic rings. The van der Waals surface area contributed by atoms with Gasteiger partial charge in [-0.2, -0.15) is 10.5 Å². The number of nitrogens with zero attached hydrogens (tertiary/aromatic N) is 2. The summed E-state index contributed by atoms with van der Waals surface area (Å²) in [5.74, 6) is 0.236. The van der Waals surface area contributed by atoms with Crippen molar-refractivity contribution in [3.8, 4) is 12.1 Å². The Balaban J connectivity index is 2.19. The van der Waals surface area contributed by atoms with Crippen LogP contribution in [0.3, 0.4) is 0 Å². The van der Waals surface area contributed by atoms with Crippen LogP contribution in [-0.4, -0.2) is 12.1 Å². The van der Waals surface area contributed by atoms with Gasteiger partial charge >= 0.3 is 0 Å². The lowest BCUT2D eigenvalue weighted by Gasteiger charge is -2.41. The average molecular weight is 343 g/mol. The van der Waals surface area contributed by atoms with Gasteiger partial charge in [0.15, 0.2) is 0 Å². The number of hydrogen-bond donors (Lipinski definition) is 1. The first-order valence-corrected chi connectivity index (χ1v) is 9.23. The Morgan fingerprint density at radius 2 is 1.81 bits per heavy atom. The zero-order chi connectivity index (χ0) is 18.7. The molecule has 5 atom stereocenters. The van der Waals surface area contributed by atoms with E-state index in [2.05, 4.69) is 56.1 Å². The summed E-state index contributed by atoms with van der Waals surface area (Å²) in [5.41, 5.74) is 3.67. The third-order valence-electron chi connectivity index (χ3n) is 5.65. The van der Waals surface area contributed by atoms with Gasteiger partial charge in [0, 0.05) is 29.8 Å². The maximum Gasteiger partial charge on any atom is 0.129 e. The van der Waals surface area contributed by atoms with Gasteiger partial charge in [0.05, 0.1) is 0 Å². The van der Waals surface area contributed by atoms with Crippen LogP contribution in [0.15, 0.2) is 65.8 Å². The SMILES string of the molecule is C=C[C@@H](c1ccccc1)[C@H]1C(=C(C#N)C#N)[C@@H](C=C(C)C)[C@@H]2CCC1N2. The second-order valence-electron chi connectivity index (χ2n) is 7.48. The van der Waals surface area contributed by atoms with E-state index in [4.69, 9.17) is 0 Å². The molecule has 1 unspecified atom stereocenters. The van der Waals surface area contributed by atoms with Crippen molar-refractivity contribution < 1.29 is 0 Å². The fraction of sp³-hybridized carbons (Fsp3) is 0.391. The van der Waals surface area contributed by atoms with Crippen molar-refractivity contribution in [2.24, 2.45) is 11.8 Å². The smallest absolute Gasteiger partial charge is 0.129 e. The zero-order valence-corrected chi connectivity index (χ0v) is 15.4. The highest BCUT2D eigenvalue weighted by Crippen LogP contribution is 2.48. The van der Waals surface area contributed by atoms with Gasteiger partial charge in [0.1, 0.15) is 17.7 Å². The Bertz CT molecular complexity index is 799. The molecule has 0 aliphatic carbocycles. The molecular weight excluding hydrogens is 318 g/mol. The fourth-order valence-electron chi connectivity index (χ4n) is 4.68. The van der Waals surface area contributed by atoms with Gasteiger partial charge in [-0.3, -0.25) is 0 Å². The fourth-order valence-corrected chi connectivity index (χ4v) is 4.68. The predicted octanol–water partition coefficient (Wildman–Crippen LogP) is 4.63. The van der Waals surface area contributed by atoms with Crippen LogP contribution in [0.2, 0.25) is 0 Å². The third kappa shape index (κ3) is 3.24. The summed E-state index contributed by atoms with van der Waals surface area (Å²) in [7, 11) is 0. The second-order valence-corrected chi connectivity index (χ2v) is 7.48. The highest BCUT2D eigenvalue weighted by atomic mass is 15.0. The molecule has 26 heavy (non-hydrogen) atoms. The van der Waals surface area contributed by atoms with Gasteiger partial charge in [-0.1, -0.05) is 48.1 Å². The van der Waals surface area contributed by atoms with Gasteiger partial charge in [0.2, 0.25) is 0 Å². The van der Waals surface area contributed by atoms with Crippen LogP contribution < -0.4 is 5.32 Å². The van der Waals surface area contributed by atoms with Crippen LogP contribution in [0.4, 0.5) is 0 Å². The summed E-state index contributed by atoms with van der Waals surface area (Å²) in [6.07, 6.45) is 6.34. The largest absolute Gasteiger partial charge is 0.310 e. The van der Waals surface area contributed by atoms with E-state index in [1.807, 2.05) is 24.3 Å². The van der Waals surface area contributed by atoms with Gasteiger partial charge in [-0.05, 0) is 37.8 Å². The molecule has 0 amide bonds. The monoisotopic (exact) mass is 343 g/mol. The number of rotatable bonds is 4. The number of benzene rings is 1. The lowest BCUT2D eigenvalue weighted by Crippen LogP contribution is -2.49. The molecule has 2 bridgehead atoms. The van der Waals surface area contributed by atoms with Crippen molar-refractivity contribution in [1.29, 1.82) is 10.5 Å². The molecule has 2 aliphatic heterocycles. The number of allylic oxidation sites excluding steroid dienone is 3. The number of piperidine rings is 1. The molecule has 0 saturated carbocycles. The number of nitrogens with one attached hydrogen (secondary N) is 1. The molecule has 0 aromatic heterocycles. The molecular formula is C23H25N3. The summed E-state index contributed by atoms with van der Waals surface area (Å²) >= 11 is 0. The van der Waals surface area contributed by atoms with Crippen molar-refractivity contribution in [1.82, 2.24) is 5.32 Å². The van der Waals surface area contributed by atoms with Crippen molar-refractivity contribution >= 4 is 0 Å². The predicted molar refractivity (Wildman–Crippen MR) is 104 cm³/mol. The molecule has 2 saturated heterocycles. The standard InChI is InChI=1S/C23H25N3/c1-4-18(16-8-6-5-7-9-16)23-21-11-10-20(26-21)19(12-15(2)3)22(23)17(13-24)14-25/h4-9,12,18-21,23,26H,1,10-11H2,2-3H3/t18-,19-,20-,21?,23+/m0/s1. The summed E-state index contributed by atoms with van der Waals surface area (Å²) in [6.45, 7) is 8.25. The minimum Gasteiger partial charge on any atom is -0.310 e. The minimum atomic E-state index is 0.0727. The van der Waals surface area contributed by atoms with Crippen molar-refractivity contribution in [3.05, 3.63) is 71.3 Å².